The van der Waals surface area contributed by atoms with Crippen LogP contribution < -0.4 is 5.73 Å². The first-order valence-electron chi connectivity index (χ1n) is 5.60. The summed E-state index contributed by atoms with van der Waals surface area (Å²) in [5.74, 6) is 0.0338. The van der Waals surface area contributed by atoms with Crippen molar-refractivity contribution in [3.05, 3.63) is 22.4 Å². The van der Waals surface area contributed by atoms with Gasteiger partial charge in [-0.05, 0) is 24.8 Å². The minimum absolute atomic E-state index is 0.0338. The first-order valence-corrected chi connectivity index (χ1v) is 6.48. The molecule has 1 aromatic heterocycles. The molecule has 0 aliphatic rings. The third-order valence-electron chi connectivity index (χ3n) is 2.84. The standard InChI is InChI=1S/C12H20N2OS/c1-4-11(13)12(15)14(3)9(2)8-10-6-5-7-16-10/h5-7,9,11H,4,8,13H2,1-3H3/t9?,11-/m0/s1. The average molecular weight is 240 g/mol. The molecule has 16 heavy (non-hydrogen) atoms. The lowest BCUT2D eigenvalue weighted by atomic mass is 10.1. The van der Waals surface area contributed by atoms with Gasteiger partial charge in [0, 0.05) is 24.4 Å². The zero-order valence-electron chi connectivity index (χ0n) is 10.1. The molecule has 0 spiro atoms. The van der Waals surface area contributed by atoms with Crippen molar-refractivity contribution in [2.45, 2.75) is 38.8 Å². The molecule has 3 nitrogen and oxygen atoms in total. The van der Waals surface area contributed by atoms with E-state index in [0.29, 0.717) is 6.42 Å². The molecule has 2 atom stereocenters. The van der Waals surface area contributed by atoms with Crippen molar-refractivity contribution in [2.24, 2.45) is 5.73 Å². The maximum absolute atomic E-state index is 11.8. The summed E-state index contributed by atoms with van der Waals surface area (Å²) in [4.78, 5) is 14.9. The fraction of sp³-hybridized carbons (Fsp3) is 0.583. The first-order chi connectivity index (χ1) is 7.56. The molecule has 0 aliphatic heterocycles. The van der Waals surface area contributed by atoms with Gasteiger partial charge < -0.3 is 10.6 Å². The van der Waals surface area contributed by atoms with E-state index in [0.717, 1.165) is 6.42 Å². The maximum atomic E-state index is 11.8. The summed E-state index contributed by atoms with van der Waals surface area (Å²) in [5, 5.41) is 2.06. The van der Waals surface area contributed by atoms with E-state index >= 15 is 0 Å². The monoisotopic (exact) mass is 240 g/mol. The van der Waals surface area contributed by atoms with Crippen molar-refractivity contribution in [3.8, 4) is 0 Å². The lowest BCUT2D eigenvalue weighted by Crippen LogP contribution is -2.45. The van der Waals surface area contributed by atoms with Crippen molar-refractivity contribution in [3.63, 3.8) is 0 Å². The van der Waals surface area contributed by atoms with Crippen molar-refractivity contribution in [1.82, 2.24) is 4.90 Å². The molecular formula is C12H20N2OS. The molecule has 1 amide bonds. The number of hydrogen-bond acceptors (Lipinski definition) is 3. The Kier molecular flexibility index (Phi) is 4.96. The SMILES string of the molecule is CC[C@H](N)C(=O)N(C)C(C)Cc1cccs1. The van der Waals surface area contributed by atoms with Crippen molar-refractivity contribution < 1.29 is 4.79 Å². The molecule has 2 N–H and O–H groups in total. The number of thiophene rings is 1. The van der Waals surface area contributed by atoms with Gasteiger partial charge in [-0.2, -0.15) is 0 Å². The van der Waals surface area contributed by atoms with Gasteiger partial charge in [-0.1, -0.05) is 13.0 Å². The minimum atomic E-state index is -0.365. The van der Waals surface area contributed by atoms with Gasteiger partial charge in [0.1, 0.15) is 0 Å². The fourth-order valence-corrected chi connectivity index (χ4v) is 2.34. The van der Waals surface area contributed by atoms with E-state index in [9.17, 15) is 4.79 Å². The van der Waals surface area contributed by atoms with Crippen LogP contribution in [0.25, 0.3) is 0 Å². The van der Waals surface area contributed by atoms with Crippen LogP contribution in [0, 0.1) is 0 Å². The van der Waals surface area contributed by atoms with Crippen LogP contribution in [0.3, 0.4) is 0 Å². The van der Waals surface area contributed by atoms with E-state index in [4.69, 9.17) is 5.73 Å². The van der Waals surface area contributed by atoms with Crippen LogP contribution in [0.2, 0.25) is 0 Å². The Balaban J connectivity index is 2.53. The summed E-state index contributed by atoms with van der Waals surface area (Å²) in [7, 11) is 1.83. The number of carbonyl (C=O) groups is 1. The second-order valence-electron chi connectivity index (χ2n) is 4.10. The summed E-state index contributed by atoms with van der Waals surface area (Å²) in [6, 6.07) is 3.96. The predicted octanol–water partition coefficient (Wildman–Crippen LogP) is 1.87. The number of hydrogen-bond donors (Lipinski definition) is 1. The van der Waals surface area contributed by atoms with Gasteiger partial charge in [-0.15, -0.1) is 11.3 Å². The van der Waals surface area contributed by atoms with Crippen LogP contribution in [0.15, 0.2) is 17.5 Å². The largest absolute Gasteiger partial charge is 0.341 e. The Hall–Kier alpha value is -0.870. The molecule has 1 heterocycles. The Labute approximate surface area is 101 Å². The summed E-state index contributed by atoms with van der Waals surface area (Å²) in [6.45, 7) is 3.99. The predicted molar refractivity (Wildman–Crippen MR) is 68.5 cm³/mol. The van der Waals surface area contributed by atoms with E-state index in [1.807, 2.05) is 20.0 Å². The van der Waals surface area contributed by atoms with Gasteiger partial charge in [0.05, 0.1) is 6.04 Å². The molecule has 1 rings (SSSR count). The van der Waals surface area contributed by atoms with Gasteiger partial charge in [-0.3, -0.25) is 4.79 Å². The number of likely N-dealkylation sites (N-methyl/N-ethyl adjacent to an activating group) is 1. The number of amides is 1. The van der Waals surface area contributed by atoms with Crippen molar-refractivity contribution in [1.29, 1.82) is 0 Å². The zero-order chi connectivity index (χ0) is 12.1. The van der Waals surface area contributed by atoms with Crippen LogP contribution in [0.1, 0.15) is 25.1 Å². The highest BCUT2D eigenvalue weighted by Gasteiger charge is 2.20. The van der Waals surface area contributed by atoms with Gasteiger partial charge in [-0.25, -0.2) is 0 Å². The molecule has 0 aliphatic carbocycles. The summed E-state index contributed by atoms with van der Waals surface area (Å²) >= 11 is 1.73. The van der Waals surface area contributed by atoms with Gasteiger partial charge in [0.15, 0.2) is 0 Å². The summed E-state index contributed by atoms with van der Waals surface area (Å²) in [5.41, 5.74) is 5.74. The third kappa shape index (κ3) is 3.32. The van der Waals surface area contributed by atoms with Crippen LogP contribution in [0.5, 0.6) is 0 Å². The first kappa shape index (κ1) is 13.2. The highest BCUT2D eigenvalue weighted by Crippen LogP contribution is 2.14. The Morgan fingerprint density at radius 2 is 2.31 bits per heavy atom. The smallest absolute Gasteiger partial charge is 0.239 e. The lowest BCUT2D eigenvalue weighted by Gasteiger charge is -2.27. The molecule has 0 radical (unpaired) electrons. The summed E-state index contributed by atoms with van der Waals surface area (Å²) in [6.07, 6.45) is 1.59. The van der Waals surface area contributed by atoms with Crippen LogP contribution in [0.4, 0.5) is 0 Å². The number of rotatable bonds is 5. The van der Waals surface area contributed by atoms with Crippen LogP contribution >= 0.6 is 11.3 Å². The quantitative estimate of drug-likeness (QED) is 0.854. The maximum Gasteiger partial charge on any atom is 0.239 e. The second-order valence-corrected chi connectivity index (χ2v) is 5.13. The molecule has 0 fully saturated rings. The highest BCUT2D eigenvalue weighted by molar-refractivity contribution is 7.09. The second kappa shape index (κ2) is 6.01. The third-order valence-corrected chi connectivity index (χ3v) is 3.74. The highest BCUT2D eigenvalue weighted by atomic mass is 32.1. The van der Waals surface area contributed by atoms with E-state index in [1.54, 1.807) is 16.2 Å². The molecule has 1 aromatic rings. The number of carbonyl (C=O) groups excluding carboxylic acids is 1. The van der Waals surface area contributed by atoms with E-state index in [1.165, 1.54) is 4.88 Å². The Morgan fingerprint density at radius 3 is 2.81 bits per heavy atom. The lowest BCUT2D eigenvalue weighted by molar-refractivity contribution is -0.133. The van der Waals surface area contributed by atoms with E-state index < -0.39 is 0 Å². The van der Waals surface area contributed by atoms with Crippen LogP contribution in [-0.2, 0) is 11.2 Å². The Morgan fingerprint density at radius 1 is 1.62 bits per heavy atom. The molecule has 0 aromatic carbocycles. The van der Waals surface area contributed by atoms with E-state index in [-0.39, 0.29) is 18.0 Å². The van der Waals surface area contributed by atoms with Crippen LogP contribution in [-0.4, -0.2) is 29.9 Å². The van der Waals surface area contributed by atoms with Crippen molar-refractivity contribution >= 4 is 17.2 Å². The molecule has 90 valence electrons. The molecule has 0 bridgehead atoms. The fourth-order valence-electron chi connectivity index (χ4n) is 1.51. The molecule has 0 saturated heterocycles. The molecule has 4 heteroatoms. The number of nitrogens with zero attached hydrogens (tertiary/aromatic N) is 1. The average Bonchev–Trinajstić information content (AvgIpc) is 2.78. The molecule has 0 saturated carbocycles. The molecular weight excluding hydrogens is 220 g/mol. The van der Waals surface area contributed by atoms with Crippen molar-refractivity contribution in [2.75, 3.05) is 7.05 Å². The van der Waals surface area contributed by atoms with E-state index in [2.05, 4.69) is 18.4 Å². The Bertz CT molecular complexity index is 324. The normalized spacial score (nSPS) is 14.5. The minimum Gasteiger partial charge on any atom is -0.341 e. The molecule has 1 unspecified atom stereocenters. The topological polar surface area (TPSA) is 46.3 Å². The number of nitrogens with two attached hydrogens (primary N) is 1. The van der Waals surface area contributed by atoms with Gasteiger partial charge >= 0.3 is 0 Å². The zero-order valence-corrected chi connectivity index (χ0v) is 11.0. The summed E-state index contributed by atoms with van der Waals surface area (Å²) < 4.78 is 0. The van der Waals surface area contributed by atoms with Gasteiger partial charge in [0.25, 0.3) is 0 Å². The van der Waals surface area contributed by atoms with Gasteiger partial charge in [0.2, 0.25) is 5.91 Å².